The molecule has 1 aliphatic rings. The molecule has 0 radical (unpaired) electrons. The zero-order valence-corrected chi connectivity index (χ0v) is 21.5. The number of halogens is 1. The highest BCUT2D eigenvalue weighted by atomic mass is 19.1. The van der Waals surface area contributed by atoms with E-state index in [2.05, 4.69) is 41.0 Å². The minimum atomic E-state index is -1.33. The van der Waals surface area contributed by atoms with Crippen molar-refractivity contribution in [3.63, 3.8) is 0 Å². The average Bonchev–Trinajstić information content (AvgIpc) is 3.51. The van der Waals surface area contributed by atoms with Gasteiger partial charge in [0.25, 0.3) is 0 Å². The number of rotatable bonds is 5. The van der Waals surface area contributed by atoms with Crippen LogP contribution in [0.5, 0.6) is 0 Å². The normalized spacial score (nSPS) is 15.7. The molecule has 0 saturated carbocycles. The van der Waals surface area contributed by atoms with Crippen molar-refractivity contribution in [2.75, 3.05) is 36.0 Å². The van der Waals surface area contributed by atoms with Gasteiger partial charge in [0.15, 0.2) is 5.82 Å². The molecule has 194 valence electrons. The molecule has 1 aromatic carbocycles. The number of benzene rings is 1. The average molecular weight is 514 g/mol. The maximum Gasteiger partial charge on any atom is 0.225 e. The second kappa shape index (κ2) is 9.18. The third-order valence-corrected chi connectivity index (χ3v) is 7.18. The Labute approximate surface area is 219 Å². The summed E-state index contributed by atoms with van der Waals surface area (Å²) >= 11 is 0. The summed E-state index contributed by atoms with van der Waals surface area (Å²) in [4.78, 5) is 18.0. The molecule has 10 nitrogen and oxygen atoms in total. The van der Waals surface area contributed by atoms with E-state index in [0.29, 0.717) is 17.1 Å². The van der Waals surface area contributed by atoms with Crippen molar-refractivity contribution in [1.29, 1.82) is 0 Å². The summed E-state index contributed by atoms with van der Waals surface area (Å²) in [6, 6.07) is 7.91. The largest absolute Gasteiger partial charge is 0.381 e. The summed E-state index contributed by atoms with van der Waals surface area (Å²) in [6.07, 6.45) is 8.88. The lowest BCUT2D eigenvalue weighted by molar-refractivity contribution is 0.101. The first-order chi connectivity index (χ1) is 18.3. The fourth-order valence-corrected chi connectivity index (χ4v) is 4.99. The highest BCUT2D eigenvalue weighted by Crippen LogP contribution is 2.30. The van der Waals surface area contributed by atoms with E-state index in [1.807, 2.05) is 35.6 Å². The second-order valence-electron chi connectivity index (χ2n) is 9.77. The van der Waals surface area contributed by atoms with Crippen molar-refractivity contribution < 1.29 is 9.50 Å². The number of hydrogen-bond donors (Lipinski definition) is 1. The monoisotopic (exact) mass is 513 g/mol. The van der Waals surface area contributed by atoms with Gasteiger partial charge >= 0.3 is 0 Å². The second-order valence-corrected chi connectivity index (χ2v) is 9.77. The van der Waals surface area contributed by atoms with Crippen molar-refractivity contribution in [3.8, 4) is 11.1 Å². The molecule has 1 aliphatic heterocycles. The van der Waals surface area contributed by atoms with Gasteiger partial charge in [-0.05, 0) is 37.6 Å². The predicted octanol–water partition coefficient (Wildman–Crippen LogP) is 2.95. The van der Waals surface area contributed by atoms with Gasteiger partial charge in [0.05, 0.1) is 5.69 Å². The molecule has 0 bridgehead atoms. The number of aryl methyl sites for hydroxylation is 2. The Morgan fingerprint density at radius 3 is 2.26 bits per heavy atom. The lowest BCUT2D eigenvalue weighted by Gasteiger charge is -2.35. The van der Waals surface area contributed by atoms with Crippen molar-refractivity contribution in [2.24, 2.45) is 7.05 Å². The van der Waals surface area contributed by atoms with E-state index in [9.17, 15) is 9.50 Å². The van der Waals surface area contributed by atoms with E-state index < -0.39 is 5.60 Å². The molecule has 1 atom stereocenters. The first kappa shape index (κ1) is 24.0. The van der Waals surface area contributed by atoms with Crippen LogP contribution in [0, 0.1) is 12.7 Å². The lowest BCUT2D eigenvalue weighted by atomic mass is 9.90. The topological polar surface area (TPSA) is 100 Å². The molecular weight excluding hydrogens is 485 g/mol. The number of piperazine rings is 1. The number of nitrogens with zero attached hydrogens (tertiary/aromatic N) is 9. The summed E-state index contributed by atoms with van der Waals surface area (Å²) in [5.74, 6) is 1.14. The standard InChI is InChI=1S/C27H28FN9O/c1-18-23(16-34(3)33-18)19-12-24-25(31-17-32-37(24)15-19)35-8-10-36(11-9-35)26-29-13-21(14-30-26)27(2,38)20-4-6-22(28)7-5-20/h4-7,12-17,38H,8-11H2,1-3H3/t27-/m1/s1. The van der Waals surface area contributed by atoms with E-state index >= 15 is 0 Å². The molecule has 0 amide bonds. The highest BCUT2D eigenvalue weighted by molar-refractivity contribution is 5.78. The van der Waals surface area contributed by atoms with Gasteiger partial charge in [-0.2, -0.15) is 10.2 Å². The highest BCUT2D eigenvalue weighted by Gasteiger charge is 2.28. The third-order valence-electron chi connectivity index (χ3n) is 7.18. The predicted molar refractivity (Wildman–Crippen MR) is 141 cm³/mol. The molecule has 11 heteroatoms. The van der Waals surface area contributed by atoms with E-state index in [1.165, 1.54) is 12.1 Å². The van der Waals surface area contributed by atoms with Crippen LogP contribution in [0.4, 0.5) is 16.2 Å². The van der Waals surface area contributed by atoms with Gasteiger partial charge in [-0.1, -0.05) is 12.1 Å². The van der Waals surface area contributed by atoms with Gasteiger partial charge in [0, 0.05) is 74.7 Å². The quantitative estimate of drug-likeness (QED) is 0.383. The number of hydrogen-bond acceptors (Lipinski definition) is 8. The lowest BCUT2D eigenvalue weighted by Crippen LogP contribution is -2.47. The van der Waals surface area contributed by atoms with Crippen LogP contribution in [-0.4, -0.2) is 65.6 Å². The Balaban J connectivity index is 1.17. The van der Waals surface area contributed by atoms with Gasteiger partial charge < -0.3 is 14.9 Å². The fraction of sp³-hybridized carbons (Fsp3) is 0.296. The van der Waals surface area contributed by atoms with Crippen LogP contribution in [0.2, 0.25) is 0 Å². The zero-order valence-electron chi connectivity index (χ0n) is 21.5. The molecule has 1 fully saturated rings. The molecule has 1 saturated heterocycles. The van der Waals surface area contributed by atoms with Crippen LogP contribution >= 0.6 is 0 Å². The van der Waals surface area contributed by atoms with Crippen LogP contribution in [0.25, 0.3) is 16.6 Å². The molecule has 38 heavy (non-hydrogen) atoms. The summed E-state index contributed by atoms with van der Waals surface area (Å²) in [5.41, 5.74) is 3.84. The van der Waals surface area contributed by atoms with Gasteiger partial charge in [0.2, 0.25) is 5.95 Å². The summed E-state index contributed by atoms with van der Waals surface area (Å²) < 4.78 is 17.0. The maximum absolute atomic E-state index is 13.3. The first-order valence-corrected chi connectivity index (χ1v) is 12.4. The SMILES string of the molecule is Cc1nn(C)cc1-c1cc2c(N3CCN(c4ncc([C@](C)(O)c5ccc(F)cc5)cn4)CC3)ncnn2c1. The molecule has 5 aromatic rings. The van der Waals surface area contributed by atoms with E-state index in [-0.39, 0.29) is 5.82 Å². The number of aromatic nitrogens is 7. The Bertz CT molecular complexity index is 1580. The Morgan fingerprint density at radius 1 is 0.921 bits per heavy atom. The van der Waals surface area contributed by atoms with Gasteiger partial charge in [-0.15, -0.1) is 0 Å². The van der Waals surface area contributed by atoms with Crippen LogP contribution < -0.4 is 9.80 Å². The summed E-state index contributed by atoms with van der Waals surface area (Å²) in [7, 11) is 1.92. The minimum Gasteiger partial charge on any atom is -0.381 e. The zero-order chi connectivity index (χ0) is 26.4. The molecule has 1 N–H and O–H groups in total. The molecule has 0 aliphatic carbocycles. The van der Waals surface area contributed by atoms with Gasteiger partial charge in [-0.25, -0.2) is 23.9 Å². The summed E-state index contributed by atoms with van der Waals surface area (Å²) in [6.45, 7) is 6.59. The number of aliphatic hydroxyl groups is 1. The van der Waals surface area contributed by atoms with E-state index in [4.69, 9.17) is 0 Å². The van der Waals surface area contributed by atoms with E-state index in [0.717, 1.165) is 54.3 Å². The smallest absolute Gasteiger partial charge is 0.225 e. The molecule has 0 unspecified atom stereocenters. The van der Waals surface area contributed by atoms with Crippen LogP contribution in [-0.2, 0) is 12.6 Å². The van der Waals surface area contributed by atoms with Crippen molar-refractivity contribution in [2.45, 2.75) is 19.4 Å². The molecule has 6 rings (SSSR count). The van der Waals surface area contributed by atoms with Crippen LogP contribution in [0.3, 0.4) is 0 Å². The maximum atomic E-state index is 13.3. The summed E-state index contributed by atoms with van der Waals surface area (Å²) in [5, 5.41) is 19.9. The Morgan fingerprint density at radius 2 is 1.61 bits per heavy atom. The van der Waals surface area contributed by atoms with Crippen molar-refractivity contribution in [1.82, 2.24) is 34.3 Å². The van der Waals surface area contributed by atoms with Gasteiger partial charge in [-0.3, -0.25) is 4.68 Å². The minimum absolute atomic E-state index is 0.348. The molecule has 5 heterocycles. The molecule has 4 aromatic heterocycles. The fourth-order valence-electron chi connectivity index (χ4n) is 4.99. The van der Waals surface area contributed by atoms with E-state index in [1.54, 1.807) is 37.8 Å². The van der Waals surface area contributed by atoms with Gasteiger partial charge in [0.1, 0.15) is 23.3 Å². The first-order valence-electron chi connectivity index (χ1n) is 12.4. The van der Waals surface area contributed by atoms with Crippen molar-refractivity contribution in [3.05, 3.63) is 84.1 Å². The van der Waals surface area contributed by atoms with Crippen LogP contribution in [0.15, 0.2) is 61.4 Å². The number of anilines is 2. The van der Waals surface area contributed by atoms with Crippen molar-refractivity contribution >= 4 is 17.3 Å². The Hall–Kier alpha value is -4.38. The molecule has 0 spiro atoms. The van der Waals surface area contributed by atoms with Crippen LogP contribution in [0.1, 0.15) is 23.7 Å². The third kappa shape index (κ3) is 4.24. The molecular formula is C27H28FN9O. The number of fused-ring (bicyclic) bond motifs is 1. The Kier molecular flexibility index (Phi) is 5.79.